The van der Waals surface area contributed by atoms with Crippen LogP contribution < -0.4 is 5.32 Å². The van der Waals surface area contributed by atoms with E-state index in [0.29, 0.717) is 12.3 Å². The molecule has 0 bridgehead atoms. The minimum Gasteiger partial charge on any atom is -0.366 e. The summed E-state index contributed by atoms with van der Waals surface area (Å²) in [6, 6.07) is 18.3. The van der Waals surface area contributed by atoms with Gasteiger partial charge in [-0.25, -0.2) is 9.97 Å². The molecule has 6 heteroatoms. The molecule has 0 radical (unpaired) electrons. The van der Waals surface area contributed by atoms with Crippen molar-refractivity contribution in [2.24, 2.45) is 5.92 Å². The summed E-state index contributed by atoms with van der Waals surface area (Å²) >= 11 is 0. The minimum atomic E-state index is 0.248. The maximum Gasteiger partial charge on any atom is 0.180 e. The number of benzene rings is 2. The van der Waals surface area contributed by atoms with Crippen LogP contribution in [0.5, 0.6) is 0 Å². The number of likely N-dealkylation sites (tertiary alicyclic amines) is 1. The van der Waals surface area contributed by atoms with Gasteiger partial charge < -0.3 is 10.2 Å². The fourth-order valence-corrected chi connectivity index (χ4v) is 5.11. The molecule has 0 atom stereocenters. The fourth-order valence-electron chi connectivity index (χ4n) is 5.11. The van der Waals surface area contributed by atoms with E-state index in [-0.39, 0.29) is 5.78 Å². The average Bonchev–Trinajstić information content (AvgIpc) is 3.64. The van der Waals surface area contributed by atoms with Gasteiger partial charge >= 0.3 is 0 Å². The molecule has 4 aromatic rings. The second-order valence-corrected chi connectivity index (χ2v) is 10.2. The van der Waals surface area contributed by atoms with Gasteiger partial charge in [-0.15, -0.1) is 0 Å². The molecule has 0 spiro atoms. The van der Waals surface area contributed by atoms with Crippen molar-refractivity contribution >= 4 is 17.2 Å². The van der Waals surface area contributed by atoms with Crippen LogP contribution in [0.4, 0.5) is 5.82 Å². The van der Waals surface area contributed by atoms with Crippen molar-refractivity contribution < 1.29 is 4.79 Å². The van der Waals surface area contributed by atoms with E-state index in [0.717, 1.165) is 52.6 Å². The molecule has 2 aromatic heterocycles. The van der Waals surface area contributed by atoms with Gasteiger partial charge in [0.05, 0.1) is 17.6 Å². The van der Waals surface area contributed by atoms with Gasteiger partial charge in [-0.1, -0.05) is 61.0 Å². The Kier molecular flexibility index (Phi) is 6.51. The molecule has 6 rings (SSSR count). The number of rotatable bonds is 9. The Morgan fingerprint density at radius 3 is 2.47 bits per heavy atom. The van der Waals surface area contributed by atoms with Crippen molar-refractivity contribution in [3.8, 4) is 22.5 Å². The van der Waals surface area contributed by atoms with E-state index in [2.05, 4.69) is 32.9 Å². The summed E-state index contributed by atoms with van der Waals surface area (Å²) in [4.78, 5) is 24.8. The quantitative estimate of drug-likeness (QED) is 0.301. The molecular formula is C30H33N5O. The Labute approximate surface area is 212 Å². The van der Waals surface area contributed by atoms with E-state index in [4.69, 9.17) is 9.97 Å². The highest BCUT2D eigenvalue weighted by molar-refractivity contribution is 5.96. The minimum absolute atomic E-state index is 0.248. The largest absolute Gasteiger partial charge is 0.366 e. The normalized spacial score (nSPS) is 16.3. The zero-order valence-corrected chi connectivity index (χ0v) is 20.7. The van der Waals surface area contributed by atoms with Crippen molar-refractivity contribution in [2.45, 2.75) is 38.5 Å². The van der Waals surface area contributed by atoms with Crippen LogP contribution in [-0.2, 0) is 0 Å². The summed E-state index contributed by atoms with van der Waals surface area (Å²) < 4.78 is 2.12. The fraction of sp³-hybridized carbons (Fsp3) is 0.367. The lowest BCUT2D eigenvalue weighted by atomic mass is 10.0. The summed E-state index contributed by atoms with van der Waals surface area (Å²) in [7, 11) is 0. The van der Waals surface area contributed by atoms with Crippen LogP contribution in [0.2, 0.25) is 0 Å². The van der Waals surface area contributed by atoms with Gasteiger partial charge in [0.15, 0.2) is 17.2 Å². The molecule has 36 heavy (non-hydrogen) atoms. The van der Waals surface area contributed by atoms with Gasteiger partial charge in [-0.2, -0.15) is 0 Å². The lowest BCUT2D eigenvalue weighted by Gasteiger charge is -2.26. The summed E-state index contributed by atoms with van der Waals surface area (Å²) in [6.45, 7) is 4.21. The molecule has 2 aliphatic rings. The second-order valence-electron chi connectivity index (χ2n) is 10.2. The van der Waals surface area contributed by atoms with Crippen LogP contribution in [0.25, 0.3) is 28.2 Å². The third kappa shape index (κ3) is 5.05. The van der Waals surface area contributed by atoms with Gasteiger partial charge in [-0.3, -0.25) is 9.20 Å². The summed E-state index contributed by atoms with van der Waals surface area (Å²) in [5, 5.41) is 3.58. The zero-order chi connectivity index (χ0) is 24.3. The van der Waals surface area contributed by atoms with E-state index in [1.54, 1.807) is 0 Å². The summed E-state index contributed by atoms with van der Waals surface area (Å²) in [6.07, 6.45) is 11.0. The van der Waals surface area contributed by atoms with Crippen molar-refractivity contribution in [1.82, 2.24) is 19.3 Å². The van der Waals surface area contributed by atoms with Crippen LogP contribution >= 0.6 is 0 Å². The molecule has 184 valence electrons. The van der Waals surface area contributed by atoms with E-state index in [9.17, 15) is 4.79 Å². The van der Waals surface area contributed by atoms with Crippen molar-refractivity contribution in [2.75, 3.05) is 31.5 Å². The molecule has 1 saturated carbocycles. The van der Waals surface area contributed by atoms with E-state index in [1.165, 1.54) is 45.2 Å². The molecule has 1 aliphatic carbocycles. The molecule has 2 fully saturated rings. The van der Waals surface area contributed by atoms with Crippen LogP contribution in [0.1, 0.15) is 48.9 Å². The van der Waals surface area contributed by atoms with Crippen LogP contribution in [0, 0.1) is 5.92 Å². The highest BCUT2D eigenvalue weighted by atomic mass is 16.1. The summed E-state index contributed by atoms with van der Waals surface area (Å²) in [5.41, 5.74) is 5.61. The predicted octanol–water partition coefficient (Wildman–Crippen LogP) is 5.94. The lowest BCUT2D eigenvalue weighted by Crippen LogP contribution is -2.33. The second kappa shape index (κ2) is 10.2. The Bertz CT molecular complexity index is 1340. The van der Waals surface area contributed by atoms with Crippen molar-refractivity contribution in [3.63, 3.8) is 0 Å². The molecule has 3 heterocycles. The molecule has 2 aromatic carbocycles. The maximum absolute atomic E-state index is 12.5. The number of piperidine rings is 1. The van der Waals surface area contributed by atoms with Crippen molar-refractivity contribution in [1.29, 1.82) is 0 Å². The van der Waals surface area contributed by atoms with E-state index < -0.39 is 0 Å². The molecule has 0 amide bonds. The number of carbonyl (C=O) groups excluding carboxylic acids is 1. The number of fused-ring (bicyclic) bond motifs is 1. The van der Waals surface area contributed by atoms with Gasteiger partial charge in [0.1, 0.15) is 0 Å². The number of hydrogen-bond acceptors (Lipinski definition) is 5. The van der Waals surface area contributed by atoms with Gasteiger partial charge in [-0.05, 0) is 44.7 Å². The highest BCUT2D eigenvalue weighted by Crippen LogP contribution is 2.34. The zero-order valence-electron chi connectivity index (χ0n) is 20.7. The Balaban J connectivity index is 1.30. The molecule has 1 aliphatic heterocycles. The first-order valence-corrected chi connectivity index (χ1v) is 13.3. The molecule has 6 nitrogen and oxygen atoms in total. The number of hydrogen-bond donors (Lipinski definition) is 1. The Morgan fingerprint density at radius 1 is 0.944 bits per heavy atom. The Morgan fingerprint density at radius 2 is 1.72 bits per heavy atom. The number of imidazole rings is 1. The molecular weight excluding hydrogens is 446 g/mol. The first-order chi connectivity index (χ1) is 17.7. The molecule has 1 N–H and O–H groups in total. The standard InChI is InChI=1S/C30H33N5O/c36-28(19-22-9-10-22)25-13-11-24(12-14-25)27-20-32-30-29(31-15-18-34-16-5-2-6-17-34)33-26(21-35(27)30)23-7-3-1-4-8-23/h1,3-4,7-8,11-14,20-22H,2,5-6,9-10,15-19H2,(H,31,33). The average molecular weight is 480 g/mol. The maximum atomic E-state index is 12.5. The predicted molar refractivity (Wildman–Crippen MR) is 144 cm³/mol. The first kappa shape index (κ1) is 22.9. The third-order valence-electron chi connectivity index (χ3n) is 7.40. The first-order valence-electron chi connectivity index (χ1n) is 13.3. The molecule has 0 unspecified atom stereocenters. The lowest BCUT2D eigenvalue weighted by molar-refractivity contribution is 0.0976. The number of nitrogens with one attached hydrogen (secondary N) is 1. The van der Waals surface area contributed by atoms with E-state index >= 15 is 0 Å². The Hall–Kier alpha value is -3.51. The highest BCUT2D eigenvalue weighted by Gasteiger charge is 2.25. The number of carbonyl (C=O) groups is 1. The monoisotopic (exact) mass is 479 g/mol. The number of aromatic nitrogens is 3. The van der Waals surface area contributed by atoms with Gasteiger partial charge in [0.2, 0.25) is 0 Å². The molecule has 1 saturated heterocycles. The van der Waals surface area contributed by atoms with Crippen LogP contribution in [0.15, 0.2) is 67.0 Å². The van der Waals surface area contributed by atoms with Crippen LogP contribution in [-0.4, -0.2) is 51.2 Å². The van der Waals surface area contributed by atoms with Crippen molar-refractivity contribution in [3.05, 3.63) is 72.6 Å². The number of anilines is 1. The van der Waals surface area contributed by atoms with Gasteiger partial charge in [0, 0.05) is 42.4 Å². The topological polar surface area (TPSA) is 62.5 Å². The van der Waals surface area contributed by atoms with E-state index in [1.807, 2.05) is 48.7 Å². The SMILES string of the molecule is O=C(CC1CC1)c1ccc(-c2cnc3c(NCCN4CCCCC4)nc(-c4ccccc4)cn23)cc1. The number of Topliss-reactive ketones (excluding diaryl/α,β-unsaturated/α-hetero) is 1. The third-order valence-corrected chi connectivity index (χ3v) is 7.40. The number of ketones is 1. The smallest absolute Gasteiger partial charge is 0.180 e. The number of nitrogens with zero attached hydrogens (tertiary/aromatic N) is 4. The van der Waals surface area contributed by atoms with Gasteiger partial charge in [0.25, 0.3) is 0 Å². The van der Waals surface area contributed by atoms with Crippen LogP contribution in [0.3, 0.4) is 0 Å². The summed E-state index contributed by atoms with van der Waals surface area (Å²) in [5.74, 6) is 1.65.